The predicted molar refractivity (Wildman–Crippen MR) is 84.8 cm³/mol. The predicted octanol–water partition coefficient (Wildman–Crippen LogP) is 2.94. The first-order chi connectivity index (χ1) is 9.59. The molecule has 2 rings (SSSR count). The van der Waals surface area contributed by atoms with Crippen LogP contribution < -0.4 is 4.72 Å². The topological polar surface area (TPSA) is 93.2 Å². The number of benzene rings is 1. The van der Waals surface area contributed by atoms with Crippen LogP contribution in [-0.4, -0.2) is 21.8 Å². The average molecular weight is 432 g/mol. The Hall–Kier alpha value is -0.680. The molecule has 0 aliphatic carbocycles. The first-order valence-electron chi connectivity index (χ1n) is 5.30. The summed E-state index contributed by atoms with van der Waals surface area (Å²) < 4.78 is 49.7. The Morgan fingerprint density at radius 3 is 2.24 bits per heavy atom. The summed E-state index contributed by atoms with van der Waals surface area (Å²) in [6.07, 6.45) is 0. The summed E-state index contributed by atoms with van der Waals surface area (Å²) >= 11 is 3.87. The summed E-state index contributed by atoms with van der Waals surface area (Å²) in [7, 11) is -2.55. The van der Waals surface area contributed by atoms with Crippen LogP contribution >= 0.6 is 37.9 Å². The molecule has 21 heavy (non-hydrogen) atoms. The van der Waals surface area contributed by atoms with Gasteiger partial charge in [0.1, 0.15) is 0 Å². The third kappa shape index (κ3) is 3.95. The lowest BCUT2D eigenvalue weighted by Crippen LogP contribution is -2.12. The number of halogens is 2. The summed E-state index contributed by atoms with van der Waals surface area (Å²) in [5.74, 6) is 0. The quantitative estimate of drug-likeness (QED) is 0.751. The first-order valence-corrected chi connectivity index (χ1v) is 10.7. The van der Waals surface area contributed by atoms with E-state index in [4.69, 9.17) is 10.7 Å². The number of anilines is 1. The van der Waals surface area contributed by atoms with Gasteiger partial charge in [0.25, 0.3) is 19.1 Å². The summed E-state index contributed by atoms with van der Waals surface area (Å²) in [4.78, 5) is 3.90. The number of hydrogen-bond donors (Lipinski definition) is 1. The monoisotopic (exact) mass is 430 g/mol. The molecule has 0 spiro atoms. The van der Waals surface area contributed by atoms with Gasteiger partial charge in [0.15, 0.2) is 9.34 Å². The molecular weight excluding hydrogens is 424 g/mol. The number of nitrogens with zero attached hydrogens (tertiary/aromatic N) is 1. The van der Waals surface area contributed by atoms with E-state index in [2.05, 4.69) is 25.6 Å². The summed E-state index contributed by atoms with van der Waals surface area (Å²) in [6, 6.07) is 5.98. The van der Waals surface area contributed by atoms with Gasteiger partial charge in [-0.1, -0.05) is 27.3 Å². The van der Waals surface area contributed by atoms with Crippen molar-refractivity contribution in [1.82, 2.24) is 4.98 Å². The molecular formula is C10H8BrClN2O4S3. The van der Waals surface area contributed by atoms with Gasteiger partial charge in [-0.05, 0) is 31.2 Å². The fourth-order valence-corrected chi connectivity index (χ4v) is 5.29. The molecule has 6 nitrogen and oxygen atoms in total. The second-order valence-electron chi connectivity index (χ2n) is 3.89. The molecule has 1 aromatic heterocycles. The number of thiazole rings is 1. The maximum Gasteiger partial charge on any atom is 0.272 e. The molecule has 0 radical (unpaired) electrons. The molecule has 0 aliphatic heterocycles. The third-order valence-corrected chi connectivity index (χ3v) is 7.59. The van der Waals surface area contributed by atoms with Gasteiger partial charge in [-0.2, -0.15) is 0 Å². The van der Waals surface area contributed by atoms with E-state index >= 15 is 0 Å². The van der Waals surface area contributed by atoms with Crippen LogP contribution in [0.2, 0.25) is 0 Å². The van der Waals surface area contributed by atoms with Crippen LogP contribution in [0, 0.1) is 6.92 Å². The summed E-state index contributed by atoms with van der Waals surface area (Å²) in [5, 5.41) is -0.0605. The second-order valence-corrected chi connectivity index (χ2v) is 10.2. The highest BCUT2D eigenvalue weighted by Crippen LogP contribution is 2.31. The zero-order valence-corrected chi connectivity index (χ0v) is 15.2. The Kier molecular flexibility index (Phi) is 4.64. The van der Waals surface area contributed by atoms with Crippen molar-refractivity contribution in [2.75, 3.05) is 4.72 Å². The fourth-order valence-electron chi connectivity index (χ4n) is 1.44. The lowest BCUT2D eigenvalue weighted by Gasteiger charge is -2.04. The fraction of sp³-hybridized carbons (Fsp3) is 0.100. The van der Waals surface area contributed by atoms with E-state index in [1.165, 1.54) is 19.1 Å². The molecule has 1 heterocycles. The molecule has 0 bridgehead atoms. The smallest absolute Gasteiger partial charge is 0.255 e. The molecule has 0 saturated heterocycles. The van der Waals surface area contributed by atoms with Gasteiger partial charge in [0.2, 0.25) is 0 Å². The number of aryl methyl sites for hydroxylation is 1. The molecule has 114 valence electrons. The maximum absolute atomic E-state index is 12.1. The SMILES string of the molecule is Cc1nc(NS(=O)(=O)c2ccc(Br)cc2)sc1S(=O)(=O)Cl. The van der Waals surface area contributed by atoms with E-state index in [1.807, 2.05) is 0 Å². The average Bonchev–Trinajstić information content (AvgIpc) is 2.69. The second kappa shape index (κ2) is 5.84. The molecule has 1 N–H and O–H groups in total. The zero-order valence-electron chi connectivity index (χ0n) is 10.4. The molecule has 11 heteroatoms. The van der Waals surface area contributed by atoms with Gasteiger partial charge in [-0.3, -0.25) is 4.72 Å². The van der Waals surface area contributed by atoms with Gasteiger partial charge in [-0.25, -0.2) is 21.8 Å². The molecule has 0 saturated carbocycles. The van der Waals surface area contributed by atoms with Gasteiger partial charge < -0.3 is 0 Å². The minimum absolute atomic E-state index is 0.0360. The minimum Gasteiger partial charge on any atom is -0.255 e. The van der Waals surface area contributed by atoms with Crippen LogP contribution in [0.3, 0.4) is 0 Å². The Bertz CT molecular complexity index is 876. The largest absolute Gasteiger partial charge is 0.272 e. The van der Waals surface area contributed by atoms with Crippen molar-refractivity contribution >= 4 is 62.2 Å². The van der Waals surface area contributed by atoms with Gasteiger partial charge >= 0.3 is 0 Å². The molecule has 2 aromatic rings. The van der Waals surface area contributed by atoms with Crippen molar-refractivity contribution in [3.05, 3.63) is 34.4 Å². The van der Waals surface area contributed by atoms with Crippen LogP contribution in [0.1, 0.15) is 5.69 Å². The van der Waals surface area contributed by atoms with Crippen molar-refractivity contribution in [2.24, 2.45) is 0 Å². The zero-order chi connectivity index (χ0) is 15.8. The van der Waals surface area contributed by atoms with Crippen molar-refractivity contribution in [2.45, 2.75) is 16.0 Å². The van der Waals surface area contributed by atoms with E-state index < -0.39 is 19.1 Å². The van der Waals surface area contributed by atoms with E-state index in [0.29, 0.717) is 11.3 Å². The number of aromatic nitrogens is 1. The van der Waals surface area contributed by atoms with E-state index in [9.17, 15) is 16.8 Å². The van der Waals surface area contributed by atoms with E-state index in [-0.39, 0.29) is 19.9 Å². The lowest BCUT2D eigenvalue weighted by atomic mass is 10.4. The van der Waals surface area contributed by atoms with Crippen LogP contribution in [-0.2, 0) is 19.1 Å². The highest BCUT2D eigenvalue weighted by molar-refractivity contribution is 9.10. The van der Waals surface area contributed by atoms with E-state index in [1.54, 1.807) is 12.1 Å². The van der Waals surface area contributed by atoms with Crippen molar-refractivity contribution in [3.8, 4) is 0 Å². The molecule has 0 amide bonds. The first kappa shape index (κ1) is 16.7. The van der Waals surface area contributed by atoms with Crippen LogP contribution in [0.4, 0.5) is 5.13 Å². The van der Waals surface area contributed by atoms with Crippen LogP contribution in [0.15, 0.2) is 37.8 Å². The number of sulfonamides is 1. The highest BCUT2D eigenvalue weighted by atomic mass is 79.9. The van der Waals surface area contributed by atoms with Gasteiger partial charge in [0.05, 0.1) is 10.6 Å². The Labute approximate surface area is 138 Å². The highest BCUT2D eigenvalue weighted by Gasteiger charge is 2.22. The Morgan fingerprint density at radius 1 is 1.19 bits per heavy atom. The third-order valence-electron chi connectivity index (χ3n) is 2.32. The lowest BCUT2D eigenvalue weighted by molar-refractivity contribution is 0.601. The van der Waals surface area contributed by atoms with E-state index in [0.717, 1.165) is 4.47 Å². The standard InChI is InChI=1S/C10H8BrClN2O4S3/c1-6-9(20(12,15)16)19-10(13-6)14-21(17,18)8-4-2-7(11)3-5-8/h2-5H,1H3,(H,13,14). The molecule has 0 fully saturated rings. The molecule has 0 atom stereocenters. The Morgan fingerprint density at radius 2 is 1.76 bits per heavy atom. The Balaban J connectivity index is 2.36. The molecule has 0 aliphatic rings. The van der Waals surface area contributed by atoms with Crippen LogP contribution in [0.25, 0.3) is 0 Å². The van der Waals surface area contributed by atoms with Crippen LogP contribution in [0.5, 0.6) is 0 Å². The minimum atomic E-state index is -3.95. The normalized spacial score (nSPS) is 12.3. The van der Waals surface area contributed by atoms with Crippen molar-refractivity contribution < 1.29 is 16.8 Å². The van der Waals surface area contributed by atoms with Crippen molar-refractivity contribution in [1.29, 1.82) is 0 Å². The molecule has 1 aromatic carbocycles. The van der Waals surface area contributed by atoms with Crippen molar-refractivity contribution in [3.63, 3.8) is 0 Å². The maximum atomic E-state index is 12.1. The van der Waals surface area contributed by atoms with Gasteiger partial charge in [-0.15, -0.1) is 0 Å². The molecule has 0 unspecified atom stereocenters. The number of hydrogen-bond acceptors (Lipinski definition) is 6. The van der Waals surface area contributed by atoms with Gasteiger partial charge in [0, 0.05) is 15.2 Å². The number of nitrogens with one attached hydrogen (secondary N) is 1. The number of rotatable bonds is 4. The summed E-state index contributed by atoms with van der Waals surface area (Å²) in [6.45, 7) is 1.43. The summed E-state index contributed by atoms with van der Waals surface area (Å²) in [5.41, 5.74) is 0.142.